The lowest BCUT2D eigenvalue weighted by Gasteiger charge is -2.21. The van der Waals surface area contributed by atoms with Crippen molar-refractivity contribution >= 4 is 40.3 Å². The highest BCUT2D eigenvalue weighted by atomic mass is 79.9. The Morgan fingerprint density at radius 1 is 0.806 bits per heavy atom. The summed E-state index contributed by atoms with van der Waals surface area (Å²) < 4.78 is 21.6. The summed E-state index contributed by atoms with van der Waals surface area (Å²) in [6, 6.07) is 32.7. The van der Waals surface area contributed by atoms with Gasteiger partial charge >= 0.3 is 0 Å². The molecule has 0 unspecified atom stereocenters. The van der Waals surface area contributed by atoms with Crippen LogP contribution in [-0.4, -0.2) is 15.2 Å². The Labute approximate surface area is 223 Å². The maximum Gasteiger partial charge on any atom is 0.132 e. The molecule has 0 fully saturated rings. The van der Waals surface area contributed by atoms with Gasteiger partial charge < -0.3 is 4.74 Å². The third-order valence-electron chi connectivity index (χ3n) is 6.49. The van der Waals surface area contributed by atoms with Crippen LogP contribution in [0.15, 0.2) is 102 Å². The van der Waals surface area contributed by atoms with Crippen LogP contribution in [0.4, 0.5) is 4.39 Å². The molecule has 0 amide bonds. The van der Waals surface area contributed by atoms with E-state index in [1.807, 2.05) is 42.5 Å². The van der Waals surface area contributed by atoms with Crippen LogP contribution in [0.25, 0.3) is 11.1 Å². The number of rotatable bonds is 8. The van der Waals surface area contributed by atoms with Gasteiger partial charge in [-0.3, -0.25) is 0 Å². The summed E-state index contributed by atoms with van der Waals surface area (Å²) in [7, 11) is 0.220. The normalized spacial score (nSPS) is 12.3. The Bertz CT molecular complexity index is 1340. The van der Waals surface area contributed by atoms with E-state index in [0.717, 1.165) is 45.3 Å². The molecular formula is C32H32BrFOSi. The van der Waals surface area contributed by atoms with E-state index in [-0.39, 0.29) is 5.82 Å². The number of aryl methyl sites for hydroxylation is 1. The third-order valence-corrected chi connectivity index (χ3v) is 9.05. The number of ether oxygens (including phenoxy) is 1. The number of methoxy groups -OCH3 is 1. The van der Waals surface area contributed by atoms with E-state index < -0.39 is 8.07 Å². The summed E-state index contributed by atoms with van der Waals surface area (Å²) in [5, 5.41) is 1.41. The monoisotopic (exact) mass is 558 g/mol. The fraction of sp³-hybridized carbons (Fsp3) is 0.188. The lowest BCUT2D eigenvalue weighted by Crippen LogP contribution is -2.37. The molecule has 0 bridgehead atoms. The minimum Gasteiger partial charge on any atom is -0.497 e. The molecule has 0 aromatic heterocycles. The molecule has 0 aliphatic rings. The van der Waals surface area contributed by atoms with E-state index in [1.165, 1.54) is 10.8 Å². The molecule has 4 aromatic carbocycles. The van der Waals surface area contributed by atoms with Gasteiger partial charge in [0.05, 0.1) is 15.2 Å². The summed E-state index contributed by atoms with van der Waals surface area (Å²) in [5.74, 6) is 0.533. The minimum atomic E-state index is -1.44. The van der Waals surface area contributed by atoms with Gasteiger partial charge in [-0.25, -0.2) is 4.39 Å². The topological polar surface area (TPSA) is 9.23 Å². The van der Waals surface area contributed by atoms with E-state index in [9.17, 15) is 0 Å². The SMILES string of the molecule is COc1ccc(/C(=C(\CCc2ccccc2)c2ccc([Si](C)(C)C)cc2)c2ccc(Br)cc2F)cc1. The molecule has 4 aromatic rings. The van der Waals surface area contributed by atoms with Crippen molar-refractivity contribution in [2.45, 2.75) is 32.5 Å². The summed E-state index contributed by atoms with van der Waals surface area (Å²) >= 11 is 3.42. The van der Waals surface area contributed by atoms with E-state index in [4.69, 9.17) is 4.74 Å². The number of benzene rings is 4. The molecule has 0 N–H and O–H groups in total. The molecular weight excluding hydrogens is 527 g/mol. The molecule has 0 atom stereocenters. The zero-order valence-electron chi connectivity index (χ0n) is 21.3. The second kappa shape index (κ2) is 11.4. The molecule has 0 radical (unpaired) electrons. The van der Waals surface area contributed by atoms with Crippen LogP contribution in [0.1, 0.15) is 28.7 Å². The molecule has 0 saturated heterocycles. The van der Waals surface area contributed by atoms with E-state index in [2.05, 4.69) is 84.1 Å². The number of halogens is 2. The predicted molar refractivity (Wildman–Crippen MR) is 157 cm³/mol. The van der Waals surface area contributed by atoms with E-state index >= 15 is 4.39 Å². The number of hydrogen-bond acceptors (Lipinski definition) is 1. The fourth-order valence-electron chi connectivity index (χ4n) is 4.44. The van der Waals surface area contributed by atoms with Gasteiger partial charge in [-0.15, -0.1) is 0 Å². The van der Waals surface area contributed by atoms with Crippen LogP contribution in [0.3, 0.4) is 0 Å². The highest BCUT2D eigenvalue weighted by molar-refractivity contribution is 9.10. The first kappa shape index (κ1) is 26.1. The van der Waals surface area contributed by atoms with Gasteiger partial charge in [-0.1, -0.05) is 114 Å². The molecule has 4 heteroatoms. The lowest BCUT2D eigenvalue weighted by atomic mass is 9.86. The summed E-state index contributed by atoms with van der Waals surface area (Å²) in [4.78, 5) is 0. The van der Waals surface area contributed by atoms with Crippen LogP contribution >= 0.6 is 15.9 Å². The molecule has 0 heterocycles. The Balaban J connectivity index is 1.94. The first-order chi connectivity index (χ1) is 17.3. The highest BCUT2D eigenvalue weighted by Gasteiger charge is 2.20. The van der Waals surface area contributed by atoms with Crippen molar-refractivity contribution in [1.29, 1.82) is 0 Å². The zero-order chi connectivity index (χ0) is 25.7. The van der Waals surface area contributed by atoms with Crippen LogP contribution in [-0.2, 0) is 6.42 Å². The Morgan fingerprint density at radius 2 is 1.44 bits per heavy atom. The van der Waals surface area contributed by atoms with E-state index in [1.54, 1.807) is 13.2 Å². The average Bonchev–Trinajstić information content (AvgIpc) is 2.87. The van der Waals surface area contributed by atoms with Crippen molar-refractivity contribution in [3.05, 3.63) is 130 Å². The second-order valence-corrected chi connectivity index (χ2v) is 16.0. The molecule has 0 aliphatic carbocycles. The third kappa shape index (κ3) is 6.24. The van der Waals surface area contributed by atoms with Crippen molar-refractivity contribution in [2.24, 2.45) is 0 Å². The van der Waals surface area contributed by atoms with Gasteiger partial charge in [0.25, 0.3) is 0 Å². The highest BCUT2D eigenvalue weighted by Crippen LogP contribution is 2.37. The van der Waals surface area contributed by atoms with Crippen LogP contribution in [0.2, 0.25) is 19.6 Å². The lowest BCUT2D eigenvalue weighted by molar-refractivity contribution is 0.415. The zero-order valence-corrected chi connectivity index (χ0v) is 23.9. The summed E-state index contributed by atoms with van der Waals surface area (Å²) in [5.41, 5.74) is 6.00. The van der Waals surface area contributed by atoms with Crippen molar-refractivity contribution in [3.8, 4) is 5.75 Å². The molecule has 0 spiro atoms. The Hall–Kier alpha value is -2.95. The Morgan fingerprint density at radius 3 is 2.03 bits per heavy atom. The smallest absolute Gasteiger partial charge is 0.132 e. The first-order valence-corrected chi connectivity index (χ1v) is 16.5. The average molecular weight is 560 g/mol. The Kier molecular flexibility index (Phi) is 8.27. The van der Waals surface area contributed by atoms with Gasteiger partial charge in [-0.2, -0.15) is 0 Å². The molecule has 36 heavy (non-hydrogen) atoms. The van der Waals surface area contributed by atoms with Gasteiger partial charge in [0.15, 0.2) is 0 Å². The molecule has 1 nitrogen and oxygen atoms in total. The van der Waals surface area contributed by atoms with Crippen molar-refractivity contribution in [1.82, 2.24) is 0 Å². The van der Waals surface area contributed by atoms with Gasteiger partial charge in [0.2, 0.25) is 0 Å². The quantitative estimate of drug-likeness (QED) is 0.155. The van der Waals surface area contributed by atoms with Crippen molar-refractivity contribution < 1.29 is 9.13 Å². The summed E-state index contributed by atoms with van der Waals surface area (Å²) in [6.07, 6.45) is 1.65. The first-order valence-electron chi connectivity index (χ1n) is 12.2. The van der Waals surface area contributed by atoms with Crippen molar-refractivity contribution in [2.75, 3.05) is 7.11 Å². The van der Waals surface area contributed by atoms with Gasteiger partial charge in [0, 0.05) is 10.0 Å². The number of allylic oxidation sites excluding steroid dienone is 1. The molecule has 0 saturated carbocycles. The second-order valence-electron chi connectivity index (χ2n) is 10.0. The predicted octanol–water partition coefficient (Wildman–Crippen LogP) is 8.73. The van der Waals surface area contributed by atoms with Crippen molar-refractivity contribution in [3.63, 3.8) is 0 Å². The van der Waals surface area contributed by atoms with E-state index in [0.29, 0.717) is 5.56 Å². The number of hydrogen-bond donors (Lipinski definition) is 0. The van der Waals surface area contributed by atoms with Crippen LogP contribution in [0, 0.1) is 5.82 Å². The molecule has 4 rings (SSSR count). The maximum absolute atomic E-state index is 15.5. The molecule has 0 aliphatic heterocycles. The standard InChI is InChI=1S/C32H32BrFOSi/c1-35-27-16-11-25(12-17-27)32(30-21-15-26(33)22-31(30)34)29(20-10-23-8-6-5-7-9-23)24-13-18-28(19-14-24)36(2,3)4/h5-9,11-19,21-22H,10,20H2,1-4H3/b32-29-. The van der Waals surface area contributed by atoms with Crippen LogP contribution in [0.5, 0.6) is 5.75 Å². The largest absolute Gasteiger partial charge is 0.497 e. The van der Waals surface area contributed by atoms with Gasteiger partial charge in [-0.05, 0) is 64.9 Å². The molecule has 184 valence electrons. The minimum absolute atomic E-state index is 0.244. The van der Waals surface area contributed by atoms with Gasteiger partial charge in [0.1, 0.15) is 11.6 Å². The fourth-order valence-corrected chi connectivity index (χ4v) is 5.94. The summed E-state index contributed by atoms with van der Waals surface area (Å²) in [6.45, 7) is 7.07. The van der Waals surface area contributed by atoms with Crippen LogP contribution < -0.4 is 9.92 Å². The maximum atomic E-state index is 15.5.